The molecule has 0 radical (unpaired) electrons. The van der Waals surface area contributed by atoms with Gasteiger partial charge in [-0.05, 0) is 50.8 Å². The maximum Gasteiger partial charge on any atom is 0.218 e. The zero-order valence-electron chi connectivity index (χ0n) is 13.3. The van der Waals surface area contributed by atoms with Crippen molar-refractivity contribution in [3.63, 3.8) is 0 Å². The van der Waals surface area contributed by atoms with Gasteiger partial charge in [-0.3, -0.25) is 0 Å². The molecule has 0 saturated carbocycles. The molecule has 112 valence electrons. The second-order valence-electron chi connectivity index (χ2n) is 5.67. The molecule has 0 amide bonds. The van der Waals surface area contributed by atoms with Crippen molar-refractivity contribution in [3.8, 4) is 5.88 Å². The van der Waals surface area contributed by atoms with Gasteiger partial charge in [0.25, 0.3) is 0 Å². The number of nitrogens with one attached hydrogen (secondary N) is 1. The van der Waals surface area contributed by atoms with Crippen LogP contribution in [-0.4, -0.2) is 18.1 Å². The molecule has 0 saturated heterocycles. The van der Waals surface area contributed by atoms with Crippen LogP contribution >= 0.6 is 0 Å². The number of aryl methyl sites for hydroxylation is 2. The molecule has 0 aliphatic heterocycles. The van der Waals surface area contributed by atoms with Crippen LogP contribution in [0.1, 0.15) is 43.5 Å². The molecule has 0 aliphatic carbocycles. The van der Waals surface area contributed by atoms with Gasteiger partial charge in [-0.15, -0.1) is 6.58 Å². The summed E-state index contributed by atoms with van der Waals surface area (Å²) >= 11 is 0. The Bertz CT molecular complexity index is 427. The zero-order chi connectivity index (χ0) is 15.0. The number of rotatable bonds is 9. The molecule has 1 rings (SSSR count). The Hall–Kier alpha value is -1.35. The summed E-state index contributed by atoms with van der Waals surface area (Å²) in [4.78, 5) is 4.54. The number of nitrogens with zero attached hydrogens (tertiary/aromatic N) is 1. The van der Waals surface area contributed by atoms with E-state index in [1.165, 1.54) is 11.1 Å². The van der Waals surface area contributed by atoms with Crippen LogP contribution in [0.5, 0.6) is 5.88 Å². The van der Waals surface area contributed by atoms with E-state index in [2.05, 4.69) is 43.7 Å². The molecule has 20 heavy (non-hydrogen) atoms. The van der Waals surface area contributed by atoms with Crippen LogP contribution in [0.3, 0.4) is 0 Å². The largest absolute Gasteiger partial charge is 0.477 e. The van der Waals surface area contributed by atoms with E-state index in [1.807, 2.05) is 13.0 Å². The number of pyridine rings is 1. The molecule has 1 aromatic heterocycles. The van der Waals surface area contributed by atoms with E-state index in [9.17, 15) is 0 Å². The molecule has 1 aromatic rings. The van der Waals surface area contributed by atoms with E-state index in [0.717, 1.165) is 37.5 Å². The molecule has 0 atom stereocenters. The summed E-state index contributed by atoms with van der Waals surface area (Å²) < 4.78 is 5.86. The molecule has 0 aliphatic rings. The molecular weight excluding hydrogens is 248 g/mol. The fourth-order valence-corrected chi connectivity index (χ4v) is 2.05. The highest BCUT2D eigenvalue weighted by Crippen LogP contribution is 2.21. The van der Waals surface area contributed by atoms with Gasteiger partial charge in [0.15, 0.2) is 0 Å². The molecule has 0 unspecified atom stereocenters. The van der Waals surface area contributed by atoms with Crippen LogP contribution in [-0.2, 0) is 6.54 Å². The van der Waals surface area contributed by atoms with Crippen molar-refractivity contribution >= 4 is 0 Å². The Balaban J connectivity index is 2.70. The Labute approximate surface area is 123 Å². The molecule has 0 spiro atoms. The first-order chi connectivity index (χ1) is 9.54. The quantitative estimate of drug-likeness (QED) is 0.550. The highest BCUT2D eigenvalue weighted by Gasteiger charge is 2.10. The zero-order valence-corrected chi connectivity index (χ0v) is 13.3. The van der Waals surface area contributed by atoms with E-state index in [-0.39, 0.29) is 0 Å². The summed E-state index contributed by atoms with van der Waals surface area (Å²) in [6, 6.07) is 2.11. The van der Waals surface area contributed by atoms with Crippen LogP contribution in [0.25, 0.3) is 0 Å². The van der Waals surface area contributed by atoms with Crippen LogP contribution in [0.2, 0.25) is 0 Å². The van der Waals surface area contributed by atoms with Gasteiger partial charge in [-0.25, -0.2) is 4.98 Å². The van der Waals surface area contributed by atoms with Gasteiger partial charge in [0, 0.05) is 17.8 Å². The van der Waals surface area contributed by atoms with Crippen molar-refractivity contribution in [2.75, 3.05) is 13.2 Å². The van der Waals surface area contributed by atoms with Crippen LogP contribution < -0.4 is 10.1 Å². The molecule has 1 heterocycles. The average Bonchev–Trinajstić information content (AvgIpc) is 2.37. The van der Waals surface area contributed by atoms with Crippen molar-refractivity contribution in [2.24, 2.45) is 5.92 Å². The minimum absolute atomic E-state index is 0.644. The predicted octanol–water partition coefficient (Wildman–Crippen LogP) is 3.79. The third kappa shape index (κ3) is 5.74. The van der Waals surface area contributed by atoms with Gasteiger partial charge in [0.1, 0.15) is 0 Å². The molecular formula is C17H28N2O. The van der Waals surface area contributed by atoms with Gasteiger partial charge in [0.2, 0.25) is 5.88 Å². The van der Waals surface area contributed by atoms with E-state index in [4.69, 9.17) is 4.74 Å². The normalized spacial score (nSPS) is 10.8. The lowest BCUT2D eigenvalue weighted by Crippen LogP contribution is -2.20. The highest BCUT2D eigenvalue weighted by molar-refractivity contribution is 5.35. The van der Waals surface area contributed by atoms with Crippen molar-refractivity contribution in [3.05, 3.63) is 35.5 Å². The molecule has 3 heteroatoms. The highest BCUT2D eigenvalue weighted by atomic mass is 16.5. The Morgan fingerprint density at radius 3 is 2.80 bits per heavy atom. The molecule has 0 fully saturated rings. The molecule has 0 bridgehead atoms. The summed E-state index contributed by atoms with van der Waals surface area (Å²) in [5.41, 5.74) is 3.43. The van der Waals surface area contributed by atoms with E-state index in [1.54, 1.807) is 0 Å². The molecule has 3 nitrogen and oxygen atoms in total. The fraction of sp³-hybridized carbons (Fsp3) is 0.588. The second kappa shape index (κ2) is 8.75. The van der Waals surface area contributed by atoms with E-state index >= 15 is 0 Å². The van der Waals surface area contributed by atoms with E-state index in [0.29, 0.717) is 12.5 Å². The number of ether oxygens (including phenoxy) is 1. The maximum atomic E-state index is 5.86. The number of unbranched alkanes of at least 4 members (excludes halogenated alkanes) is 1. The van der Waals surface area contributed by atoms with Crippen molar-refractivity contribution in [1.29, 1.82) is 0 Å². The van der Waals surface area contributed by atoms with Crippen LogP contribution in [0, 0.1) is 19.8 Å². The minimum Gasteiger partial charge on any atom is -0.477 e. The van der Waals surface area contributed by atoms with Crippen LogP contribution in [0.15, 0.2) is 18.7 Å². The number of allylic oxidation sites excluding steroid dienone is 1. The SMILES string of the molecule is C=CCCCOc1nc(C)cc(C)c1CNCC(C)C. The molecule has 0 aromatic carbocycles. The van der Waals surface area contributed by atoms with Crippen LogP contribution in [0.4, 0.5) is 0 Å². The first kappa shape index (κ1) is 16.7. The van der Waals surface area contributed by atoms with Gasteiger partial charge in [-0.1, -0.05) is 19.9 Å². The molecule has 1 N–H and O–H groups in total. The van der Waals surface area contributed by atoms with Crippen molar-refractivity contribution in [1.82, 2.24) is 10.3 Å². The van der Waals surface area contributed by atoms with E-state index < -0.39 is 0 Å². The Morgan fingerprint density at radius 2 is 2.15 bits per heavy atom. The predicted molar refractivity (Wildman–Crippen MR) is 85.2 cm³/mol. The van der Waals surface area contributed by atoms with Crippen molar-refractivity contribution in [2.45, 2.75) is 47.1 Å². The third-order valence-corrected chi connectivity index (χ3v) is 3.08. The monoisotopic (exact) mass is 276 g/mol. The Kier molecular flexibility index (Phi) is 7.31. The van der Waals surface area contributed by atoms with Gasteiger partial charge >= 0.3 is 0 Å². The van der Waals surface area contributed by atoms with Gasteiger partial charge in [0.05, 0.1) is 6.61 Å². The Morgan fingerprint density at radius 1 is 1.40 bits per heavy atom. The van der Waals surface area contributed by atoms with Crippen molar-refractivity contribution < 1.29 is 4.74 Å². The summed E-state index contributed by atoms with van der Waals surface area (Å²) in [6.07, 6.45) is 3.88. The lowest BCUT2D eigenvalue weighted by atomic mass is 10.1. The van der Waals surface area contributed by atoms with Gasteiger partial charge < -0.3 is 10.1 Å². The second-order valence-corrected chi connectivity index (χ2v) is 5.67. The lowest BCUT2D eigenvalue weighted by molar-refractivity contribution is 0.295. The minimum atomic E-state index is 0.644. The maximum absolute atomic E-state index is 5.86. The smallest absolute Gasteiger partial charge is 0.218 e. The standard InChI is InChI=1S/C17H28N2O/c1-6-7-8-9-20-17-16(12-18-11-13(2)3)14(4)10-15(5)19-17/h6,10,13,18H,1,7-9,11-12H2,2-5H3. The fourth-order valence-electron chi connectivity index (χ4n) is 2.05. The third-order valence-electron chi connectivity index (χ3n) is 3.08. The summed E-state index contributed by atoms with van der Waals surface area (Å²) in [7, 11) is 0. The number of hydrogen-bond acceptors (Lipinski definition) is 3. The number of hydrogen-bond donors (Lipinski definition) is 1. The summed E-state index contributed by atoms with van der Waals surface area (Å²) in [6.45, 7) is 14.8. The average molecular weight is 276 g/mol. The topological polar surface area (TPSA) is 34.1 Å². The number of aromatic nitrogens is 1. The summed E-state index contributed by atoms with van der Waals surface area (Å²) in [5.74, 6) is 1.42. The lowest BCUT2D eigenvalue weighted by Gasteiger charge is -2.15. The first-order valence-electron chi connectivity index (χ1n) is 7.46. The summed E-state index contributed by atoms with van der Waals surface area (Å²) in [5, 5.41) is 3.47. The first-order valence-corrected chi connectivity index (χ1v) is 7.46. The van der Waals surface area contributed by atoms with Gasteiger partial charge in [-0.2, -0.15) is 0 Å².